The summed E-state index contributed by atoms with van der Waals surface area (Å²) in [6.45, 7) is 2.41. The molecule has 1 heterocycles. The van der Waals surface area contributed by atoms with E-state index in [9.17, 15) is 13.2 Å². The molecule has 0 aliphatic carbocycles. The van der Waals surface area contributed by atoms with E-state index in [0.29, 0.717) is 29.2 Å². The number of anilines is 1. The van der Waals surface area contributed by atoms with Gasteiger partial charge in [-0.3, -0.25) is 14.1 Å². The van der Waals surface area contributed by atoms with Gasteiger partial charge < -0.3 is 5.32 Å². The van der Waals surface area contributed by atoms with Crippen LogP contribution in [0.1, 0.15) is 24.0 Å². The molecule has 0 spiro atoms. The van der Waals surface area contributed by atoms with Crippen molar-refractivity contribution in [2.45, 2.75) is 26.3 Å². The summed E-state index contributed by atoms with van der Waals surface area (Å²) in [5, 5.41) is 3.32. The van der Waals surface area contributed by atoms with Crippen molar-refractivity contribution in [1.29, 1.82) is 0 Å². The first-order chi connectivity index (χ1) is 12.3. The summed E-state index contributed by atoms with van der Waals surface area (Å²) in [4.78, 5) is 15.9. The minimum atomic E-state index is -3.47. The average Bonchev–Trinajstić information content (AvgIpc) is 2.60. The number of sulfonamides is 1. The summed E-state index contributed by atoms with van der Waals surface area (Å²) in [7, 11) is -3.47. The zero-order chi connectivity index (χ0) is 19.2. The Kier molecular flexibility index (Phi) is 6.99. The normalized spacial score (nSPS) is 11.2. The predicted octanol–water partition coefficient (Wildman–Crippen LogP) is 2.91. The Morgan fingerprint density at radius 3 is 2.58 bits per heavy atom. The zero-order valence-corrected chi connectivity index (χ0v) is 16.3. The highest BCUT2D eigenvalue weighted by atomic mass is 35.5. The first-order valence-electron chi connectivity index (χ1n) is 8.17. The summed E-state index contributed by atoms with van der Waals surface area (Å²) in [6.07, 6.45) is 5.12. The van der Waals surface area contributed by atoms with E-state index in [1.54, 1.807) is 37.5 Å². The van der Waals surface area contributed by atoms with Crippen molar-refractivity contribution >= 4 is 33.2 Å². The van der Waals surface area contributed by atoms with Gasteiger partial charge in [-0.1, -0.05) is 17.7 Å². The Morgan fingerprint density at radius 1 is 1.23 bits per heavy atom. The number of hydrogen-bond acceptors (Lipinski definition) is 4. The molecule has 0 aliphatic heterocycles. The molecule has 1 N–H and O–H groups in total. The van der Waals surface area contributed by atoms with Crippen molar-refractivity contribution in [1.82, 2.24) is 10.3 Å². The standard InChI is InChI=1S/C18H22ClN3O3S/c1-14-16(19)5-3-6-17(14)22(26(2,24)25)12-4-7-18(23)21-13-15-8-10-20-11-9-15/h3,5-6,8-11H,4,7,12-13H2,1-2H3,(H,21,23). The molecule has 0 saturated heterocycles. The molecular formula is C18H22ClN3O3S. The fraction of sp³-hybridized carbons (Fsp3) is 0.333. The number of amides is 1. The van der Waals surface area contributed by atoms with Crippen LogP contribution in [0.25, 0.3) is 0 Å². The number of nitrogens with one attached hydrogen (secondary N) is 1. The molecule has 0 bridgehead atoms. The van der Waals surface area contributed by atoms with E-state index in [2.05, 4.69) is 10.3 Å². The molecule has 0 fully saturated rings. The maximum absolute atomic E-state index is 12.2. The summed E-state index contributed by atoms with van der Waals surface area (Å²) in [5.74, 6) is -0.127. The maximum atomic E-state index is 12.2. The Bertz CT molecular complexity index is 857. The second-order valence-corrected chi connectivity index (χ2v) is 8.27. The Hall–Kier alpha value is -2.12. The number of benzene rings is 1. The van der Waals surface area contributed by atoms with Crippen molar-refractivity contribution in [2.24, 2.45) is 0 Å². The lowest BCUT2D eigenvalue weighted by atomic mass is 10.2. The van der Waals surface area contributed by atoms with Gasteiger partial charge in [-0.05, 0) is 48.7 Å². The summed E-state index contributed by atoms with van der Waals surface area (Å²) >= 11 is 6.10. The number of rotatable bonds is 8. The van der Waals surface area contributed by atoms with Gasteiger partial charge in [0.25, 0.3) is 0 Å². The van der Waals surface area contributed by atoms with E-state index < -0.39 is 10.0 Å². The summed E-state index contributed by atoms with van der Waals surface area (Å²) in [5.41, 5.74) is 2.19. The topological polar surface area (TPSA) is 79.4 Å². The lowest BCUT2D eigenvalue weighted by Gasteiger charge is -2.24. The largest absolute Gasteiger partial charge is 0.352 e. The lowest BCUT2D eigenvalue weighted by molar-refractivity contribution is -0.121. The van der Waals surface area contributed by atoms with Gasteiger partial charge in [0.2, 0.25) is 15.9 Å². The van der Waals surface area contributed by atoms with Gasteiger partial charge in [-0.25, -0.2) is 8.42 Å². The highest BCUT2D eigenvalue weighted by Crippen LogP contribution is 2.28. The van der Waals surface area contributed by atoms with Crippen LogP contribution in [0.3, 0.4) is 0 Å². The minimum Gasteiger partial charge on any atom is -0.352 e. The van der Waals surface area contributed by atoms with Gasteiger partial charge in [0, 0.05) is 36.9 Å². The number of carbonyl (C=O) groups excluding carboxylic acids is 1. The van der Waals surface area contributed by atoms with Gasteiger partial charge in [-0.2, -0.15) is 0 Å². The third kappa shape index (κ3) is 5.71. The second-order valence-electron chi connectivity index (χ2n) is 5.95. The fourth-order valence-corrected chi connectivity index (χ4v) is 3.69. The highest BCUT2D eigenvalue weighted by molar-refractivity contribution is 7.92. The predicted molar refractivity (Wildman–Crippen MR) is 104 cm³/mol. The first kappa shape index (κ1) is 20.2. The molecule has 0 radical (unpaired) electrons. The van der Waals surface area contributed by atoms with Gasteiger partial charge in [-0.15, -0.1) is 0 Å². The van der Waals surface area contributed by atoms with Crippen molar-refractivity contribution in [3.05, 3.63) is 58.9 Å². The van der Waals surface area contributed by atoms with Crippen molar-refractivity contribution in [3.63, 3.8) is 0 Å². The van der Waals surface area contributed by atoms with Crippen LogP contribution in [0.15, 0.2) is 42.7 Å². The van der Waals surface area contributed by atoms with E-state index >= 15 is 0 Å². The molecule has 1 amide bonds. The zero-order valence-electron chi connectivity index (χ0n) is 14.8. The van der Waals surface area contributed by atoms with Gasteiger partial charge in [0.05, 0.1) is 11.9 Å². The maximum Gasteiger partial charge on any atom is 0.232 e. The number of pyridine rings is 1. The molecule has 8 heteroatoms. The Morgan fingerprint density at radius 2 is 1.92 bits per heavy atom. The molecule has 1 aromatic heterocycles. The van der Waals surface area contributed by atoms with Gasteiger partial charge >= 0.3 is 0 Å². The minimum absolute atomic E-state index is 0.127. The van der Waals surface area contributed by atoms with Crippen LogP contribution in [0, 0.1) is 6.92 Å². The van der Waals surface area contributed by atoms with E-state index in [1.807, 2.05) is 12.1 Å². The molecular weight excluding hydrogens is 374 g/mol. The molecule has 0 saturated carbocycles. The van der Waals surface area contributed by atoms with E-state index in [4.69, 9.17) is 11.6 Å². The smallest absolute Gasteiger partial charge is 0.232 e. The van der Waals surface area contributed by atoms with E-state index in [1.165, 1.54) is 4.31 Å². The molecule has 140 valence electrons. The van der Waals surface area contributed by atoms with Crippen LogP contribution < -0.4 is 9.62 Å². The lowest BCUT2D eigenvalue weighted by Crippen LogP contribution is -2.32. The summed E-state index contributed by atoms with van der Waals surface area (Å²) < 4.78 is 25.6. The molecule has 6 nitrogen and oxygen atoms in total. The number of halogens is 1. The Labute approximate surface area is 159 Å². The summed E-state index contributed by atoms with van der Waals surface area (Å²) in [6, 6.07) is 8.80. The van der Waals surface area contributed by atoms with Crippen LogP contribution in [0.2, 0.25) is 5.02 Å². The van der Waals surface area contributed by atoms with Crippen molar-refractivity contribution in [3.8, 4) is 0 Å². The van der Waals surface area contributed by atoms with E-state index in [-0.39, 0.29) is 18.9 Å². The molecule has 2 aromatic rings. The third-order valence-corrected chi connectivity index (χ3v) is 5.50. The SMILES string of the molecule is Cc1c(Cl)cccc1N(CCCC(=O)NCc1ccncc1)S(C)(=O)=O. The van der Waals surface area contributed by atoms with Crippen LogP contribution in [-0.4, -0.2) is 32.1 Å². The second kappa shape index (κ2) is 9.00. The van der Waals surface area contributed by atoms with E-state index in [0.717, 1.165) is 11.8 Å². The molecule has 0 aliphatic rings. The highest BCUT2D eigenvalue weighted by Gasteiger charge is 2.20. The van der Waals surface area contributed by atoms with Crippen molar-refractivity contribution < 1.29 is 13.2 Å². The molecule has 0 unspecified atom stereocenters. The monoisotopic (exact) mass is 395 g/mol. The number of aromatic nitrogens is 1. The van der Waals surface area contributed by atoms with Crippen LogP contribution in [-0.2, 0) is 21.4 Å². The van der Waals surface area contributed by atoms with Crippen LogP contribution in [0.5, 0.6) is 0 Å². The fourth-order valence-electron chi connectivity index (χ4n) is 2.50. The average molecular weight is 396 g/mol. The molecule has 0 atom stereocenters. The molecule has 2 rings (SSSR count). The Balaban J connectivity index is 1.94. The number of hydrogen-bond donors (Lipinski definition) is 1. The first-order valence-corrected chi connectivity index (χ1v) is 10.4. The molecule has 1 aromatic carbocycles. The number of carbonyl (C=O) groups is 1. The number of nitrogens with zero attached hydrogens (tertiary/aromatic N) is 2. The third-order valence-electron chi connectivity index (χ3n) is 3.91. The quantitative estimate of drug-likeness (QED) is 0.745. The van der Waals surface area contributed by atoms with Gasteiger partial charge in [0.15, 0.2) is 0 Å². The van der Waals surface area contributed by atoms with Crippen molar-refractivity contribution in [2.75, 3.05) is 17.1 Å². The van der Waals surface area contributed by atoms with Crippen LogP contribution >= 0.6 is 11.6 Å². The van der Waals surface area contributed by atoms with Crippen LogP contribution in [0.4, 0.5) is 5.69 Å². The van der Waals surface area contributed by atoms with Gasteiger partial charge in [0.1, 0.15) is 0 Å². The molecule has 26 heavy (non-hydrogen) atoms.